The summed E-state index contributed by atoms with van der Waals surface area (Å²) < 4.78 is 29.6. The van der Waals surface area contributed by atoms with Crippen molar-refractivity contribution in [3.05, 3.63) is 107 Å². The maximum atomic E-state index is 12.7. The monoisotopic (exact) mass is 463 g/mol. The molecule has 1 aliphatic rings. The molecule has 1 atom stereocenters. The molecule has 0 saturated heterocycles. The zero-order chi connectivity index (χ0) is 22.1. The van der Waals surface area contributed by atoms with Gasteiger partial charge in [-0.3, -0.25) is 0 Å². The number of rotatable bonds is 5. The van der Waals surface area contributed by atoms with E-state index in [1.807, 2.05) is 60.7 Å². The maximum Gasteiger partial charge on any atom is 0.264 e. The van der Waals surface area contributed by atoms with Crippen LogP contribution in [0.4, 0.5) is 11.9 Å². The Morgan fingerprint density at radius 2 is 1.56 bits per heavy atom. The molecule has 1 aromatic heterocycles. The van der Waals surface area contributed by atoms with Gasteiger partial charge in [-0.05, 0) is 41.5 Å². The molecule has 7 nitrogen and oxygen atoms in total. The molecule has 0 saturated carbocycles. The van der Waals surface area contributed by atoms with Crippen molar-refractivity contribution in [1.82, 2.24) is 14.8 Å². The van der Waals surface area contributed by atoms with Crippen molar-refractivity contribution in [2.45, 2.75) is 10.9 Å². The van der Waals surface area contributed by atoms with Crippen molar-refractivity contribution >= 4 is 39.2 Å². The van der Waals surface area contributed by atoms with Gasteiger partial charge in [0.1, 0.15) is 6.04 Å². The lowest BCUT2D eigenvalue weighted by Gasteiger charge is -2.24. The van der Waals surface area contributed by atoms with Crippen LogP contribution in [0.2, 0.25) is 5.02 Å². The Balaban J connectivity index is 1.55. The van der Waals surface area contributed by atoms with Gasteiger partial charge in [-0.2, -0.15) is 4.98 Å². The first kappa shape index (κ1) is 20.3. The standard InChI is InChI=1S/C23H18ClN5O2S/c24-18-13-11-17(12-14-18)21-15-20(16-7-3-1-4-8-16)25-23-26-22(27-29(21)23)28-32(30,31)19-9-5-2-6-10-19/h1-15,21H,(H2,25,26,27,28)/t21-/m0/s1. The largest absolute Gasteiger partial charge is 0.324 e. The van der Waals surface area contributed by atoms with E-state index in [9.17, 15) is 8.42 Å². The van der Waals surface area contributed by atoms with Crippen LogP contribution in [0.25, 0.3) is 5.70 Å². The highest BCUT2D eigenvalue weighted by molar-refractivity contribution is 7.92. The van der Waals surface area contributed by atoms with E-state index in [1.54, 1.807) is 22.9 Å². The first-order valence-corrected chi connectivity index (χ1v) is 11.7. The van der Waals surface area contributed by atoms with Crippen LogP contribution in [0.1, 0.15) is 17.2 Å². The van der Waals surface area contributed by atoms with Gasteiger partial charge in [0.15, 0.2) is 0 Å². The van der Waals surface area contributed by atoms with E-state index in [-0.39, 0.29) is 16.9 Å². The van der Waals surface area contributed by atoms with Gasteiger partial charge in [0, 0.05) is 10.7 Å². The van der Waals surface area contributed by atoms with Crippen LogP contribution in [0, 0.1) is 0 Å². The number of aromatic nitrogens is 3. The van der Waals surface area contributed by atoms with E-state index in [0.29, 0.717) is 11.0 Å². The molecule has 32 heavy (non-hydrogen) atoms. The summed E-state index contributed by atoms with van der Waals surface area (Å²) in [6.07, 6.45) is 2.02. The number of nitrogens with zero attached hydrogens (tertiary/aromatic N) is 3. The number of nitrogens with one attached hydrogen (secondary N) is 2. The molecule has 0 bridgehead atoms. The first-order valence-electron chi connectivity index (χ1n) is 9.84. The Kier molecular flexibility index (Phi) is 5.16. The second kappa shape index (κ2) is 8.14. The molecule has 2 N–H and O–H groups in total. The van der Waals surface area contributed by atoms with Crippen LogP contribution >= 0.6 is 11.6 Å². The highest BCUT2D eigenvalue weighted by atomic mass is 35.5. The predicted molar refractivity (Wildman–Crippen MR) is 125 cm³/mol. The SMILES string of the molecule is O=S(=O)(Nc1nc2n(n1)[C@H](c1ccc(Cl)cc1)C=C(c1ccccc1)N2)c1ccccc1. The van der Waals surface area contributed by atoms with E-state index >= 15 is 0 Å². The van der Waals surface area contributed by atoms with E-state index in [4.69, 9.17) is 11.6 Å². The molecule has 2 heterocycles. The average Bonchev–Trinajstić information content (AvgIpc) is 3.22. The fourth-order valence-electron chi connectivity index (χ4n) is 3.50. The molecule has 1 aliphatic heterocycles. The summed E-state index contributed by atoms with van der Waals surface area (Å²) in [4.78, 5) is 4.55. The van der Waals surface area contributed by atoms with Crippen LogP contribution in [-0.4, -0.2) is 23.2 Å². The third-order valence-electron chi connectivity index (χ3n) is 5.04. The summed E-state index contributed by atoms with van der Waals surface area (Å²) in [6.45, 7) is 0. The smallest absolute Gasteiger partial charge is 0.264 e. The number of hydrogen-bond donors (Lipinski definition) is 2. The lowest BCUT2D eigenvalue weighted by Crippen LogP contribution is -2.20. The number of anilines is 2. The van der Waals surface area contributed by atoms with Crippen LogP contribution in [0.15, 0.2) is 95.9 Å². The van der Waals surface area contributed by atoms with E-state index in [1.165, 1.54) is 12.1 Å². The Bertz CT molecular complexity index is 1390. The Hall–Kier alpha value is -3.62. The van der Waals surface area contributed by atoms with Gasteiger partial charge in [-0.15, -0.1) is 5.10 Å². The predicted octanol–water partition coefficient (Wildman–Crippen LogP) is 4.79. The third kappa shape index (κ3) is 3.98. The van der Waals surface area contributed by atoms with Crippen molar-refractivity contribution in [2.75, 3.05) is 10.0 Å². The highest BCUT2D eigenvalue weighted by Crippen LogP contribution is 2.33. The van der Waals surface area contributed by atoms with Crippen LogP contribution in [-0.2, 0) is 10.0 Å². The number of fused-ring (bicyclic) bond motifs is 1. The lowest BCUT2D eigenvalue weighted by atomic mass is 10.0. The quantitative estimate of drug-likeness (QED) is 0.444. The molecule has 160 valence electrons. The third-order valence-corrected chi connectivity index (χ3v) is 6.64. The molecule has 0 aliphatic carbocycles. The minimum absolute atomic E-state index is 0.0157. The Morgan fingerprint density at radius 1 is 0.906 bits per heavy atom. The number of allylic oxidation sites excluding steroid dienone is 1. The molecule has 0 amide bonds. The van der Waals surface area contributed by atoms with Gasteiger partial charge in [-0.25, -0.2) is 17.8 Å². The van der Waals surface area contributed by atoms with Gasteiger partial charge in [0.2, 0.25) is 5.95 Å². The van der Waals surface area contributed by atoms with Crippen LogP contribution < -0.4 is 10.0 Å². The summed E-state index contributed by atoms with van der Waals surface area (Å²) in [6, 6.07) is 25.1. The summed E-state index contributed by atoms with van der Waals surface area (Å²) in [5.74, 6) is 0.412. The second-order valence-electron chi connectivity index (χ2n) is 7.19. The number of benzene rings is 3. The van der Waals surface area contributed by atoms with Gasteiger partial charge in [0.25, 0.3) is 16.0 Å². The van der Waals surface area contributed by atoms with Crippen LogP contribution in [0.3, 0.4) is 0 Å². The summed E-state index contributed by atoms with van der Waals surface area (Å²) in [7, 11) is -3.82. The molecule has 4 aromatic rings. The highest BCUT2D eigenvalue weighted by Gasteiger charge is 2.27. The van der Waals surface area contributed by atoms with Gasteiger partial charge in [-0.1, -0.05) is 72.3 Å². The molecule has 9 heteroatoms. The molecule has 5 rings (SSSR count). The van der Waals surface area contributed by atoms with Crippen molar-refractivity contribution in [1.29, 1.82) is 0 Å². The lowest BCUT2D eigenvalue weighted by molar-refractivity contribution is 0.598. The van der Waals surface area contributed by atoms with E-state index in [2.05, 4.69) is 20.1 Å². The summed E-state index contributed by atoms with van der Waals surface area (Å²) in [5, 5.41) is 8.33. The molecule has 0 radical (unpaired) electrons. The number of sulfonamides is 1. The van der Waals surface area contributed by atoms with Crippen molar-refractivity contribution < 1.29 is 8.42 Å². The number of halogens is 1. The van der Waals surface area contributed by atoms with Crippen molar-refractivity contribution in [2.24, 2.45) is 0 Å². The summed E-state index contributed by atoms with van der Waals surface area (Å²) >= 11 is 6.07. The fraction of sp³-hybridized carbons (Fsp3) is 0.0435. The second-order valence-corrected chi connectivity index (χ2v) is 9.31. The average molecular weight is 464 g/mol. The Labute approximate surface area is 190 Å². The van der Waals surface area contributed by atoms with Crippen LogP contribution in [0.5, 0.6) is 0 Å². The van der Waals surface area contributed by atoms with Crippen molar-refractivity contribution in [3.63, 3.8) is 0 Å². The maximum absolute atomic E-state index is 12.7. The zero-order valence-electron chi connectivity index (χ0n) is 16.7. The topological polar surface area (TPSA) is 88.9 Å². The van der Waals surface area contributed by atoms with E-state index < -0.39 is 10.0 Å². The van der Waals surface area contributed by atoms with Gasteiger partial charge in [0.05, 0.1) is 4.90 Å². The summed E-state index contributed by atoms with van der Waals surface area (Å²) in [5.41, 5.74) is 2.77. The fourth-order valence-corrected chi connectivity index (χ4v) is 4.58. The molecule has 0 spiro atoms. The normalized spacial score (nSPS) is 15.4. The first-order chi connectivity index (χ1) is 15.5. The minimum atomic E-state index is -3.82. The van der Waals surface area contributed by atoms with Gasteiger partial charge >= 0.3 is 0 Å². The molecule has 0 unspecified atom stereocenters. The molecule has 0 fully saturated rings. The molecule has 3 aromatic carbocycles. The zero-order valence-corrected chi connectivity index (χ0v) is 18.3. The number of hydrogen-bond acceptors (Lipinski definition) is 5. The van der Waals surface area contributed by atoms with Crippen molar-refractivity contribution in [3.8, 4) is 0 Å². The Morgan fingerprint density at radius 3 is 2.25 bits per heavy atom. The van der Waals surface area contributed by atoms with Gasteiger partial charge < -0.3 is 5.32 Å². The molecular weight excluding hydrogens is 446 g/mol. The minimum Gasteiger partial charge on any atom is -0.324 e. The molecular formula is C23H18ClN5O2S. The van der Waals surface area contributed by atoms with E-state index in [0.717, 1.165) is 16.8 Å².